The fourth-order valence-corrected chi connectivity index (χ4v) is 1.44. The molecule has 0 saturated heterocycles. The van der Waals surface area contributed by atoms with Crippen LogP contribution in [0.3, 0.4) is 0 Å². The van der Waals surface area contributed by atoms with Crippen LogP contribution < -0.4 is 5.46 Å². The summed E-state index contributed by atoms with van der Waals surface area (Å²) in [6.07, 6.45) is 1.29. The van der Waals surface area contributed by atoms with Crippen LogP contribution in [0, 0.1) is 0 Å². The highest BCUT2D eigenvalue weighted by Crippen LogP contribution is 2.00. The Kier molecular flexibility index (Phi) is 5.73. The summed E-state index contributed by atoms with van der Waals surface area (Å²) in [4.78, 5) is 17.0. The lowest BCUT2D eigenvalue weighted by Crippen LogP contribution is -2.38. The van der Waals surface area contributed by atoms with Crippen LogP contribution in [0.4, 0.5) is 0 Å². The molecule has 0 atom stereocenters. The minimum Gasteiger partial charge on any atom is -0.423 e. The zero-order valence-corrected chi connectivity index (χ0v) is 9.73. The van der Waals surface area contributed by atoms with E-state index >= 15 is 0 Å². The smallest absolute Gasteiger partial charge is 0.423 e. The summed E-state index contributed by atoms with van der Waals surface area (Å²) < 4.78 is 0. The highest BCUT2D eigenvalue weighted by Gasteiger charge is 2.19. The molecule has 0 unspecified atom stereocenters. The van der Waals surface area contributed by atoms with Crippen LogP contribution in [0.15, 0.2) is 18.3 Å². The maximum Gasteiger partial charge on any atom is 0.488 e. The van der Waals surface area contributed by atoms with Crippen LogP contribution >= 0.6 is 0 Å². The van der Waals surface area contributed by atoms with Crippen LogP contribution in [0.25, 0.3) is 0 Å². The Labute approximate surface area is 104 Å². The average molecular weight is 254 g/mol. The first-order valence-electron chi connectivity index (χ1n) is 5.43. The molecule has 0 radical (unpaired) electrons. The van der Waals surface area contributed by atoms with E-state index in [-0.39, 0.29) is 37.5 Å². The van der Waals surface area contributed by atoms with E-state index in [2.05, 4.69) is 4.98 Å². The van der Waals surface area contributed by atoms with Crippen LogP contribution in [0.5, 0.6) is 0 Å². The first-order chi connectivity index (χ1) is 8.60. The van der Waals surface area contributed by atoms with Gasteiger partial charge >= 0.3 is 7.12 Å². The molecule has 1 aromatic rings. The van der Waals surface area contributed by atoms with Crippen molar-refractivity contribution in [2.75, 3.05) is 26.3 Å². The predicted octanol–water partition coefficient (Wildman–Crippen LogP) is -2.81. The normalized spacial score (nSPS) is 10.2. The molecule has 1 amide bonds. The van der Waals surface area contributed by atoms with Gasteiger partial charge in [-0.1, -0.05) is 0 Å². The molecule has 0 saturated carbocycles. The number of hydrogen-bond donors (Lipinski definition) is 4. The minimum atomic E-state index is -1.68. The van der Waals surface area contributed by atoms with E-state index in [1.807, 2.05) is 0 Å². The maximum atomic E-state index is 12.0. The summed E-state index contributed by atoms with van der Waals surface area (Å²) in [7, 11) is -1.68. The summed E-state index contributed by atoms with van der Waals surface area (Å²) >= 11 is 0. The molecule has 0 bridgehead atoms. The van der Waals surface area contributed by atoms with Crippen molar-refractivity contribution in [1.29, 1.82) is 0 Å². The first kappa shape index (κ1) is 14.6. The molecule has 0 fully saturated rings. The SMILES string of the molecule is O=C(c1cc(B(O)O)ccn1)N(CCO)CCO. The quantitative estimate of drug-likeness (QED) is 0.407. The number of rotatable bonds is 6. The molecule has 1 heterocycles. The first-order valence-corrected chi connectivity index (χ1v) is 5.43. The van der Waals surface area contributed by atoms with Crippen LogP contribution in [0.1, 0.15) is 10.5 Å². The standard InChI is InChI=1S/C10H15BN2O5/c14-5-3-13(4-6-15)10(16)9-7-8(11(17)18)1-2-12-9/h1-2,7,14-15,17-18H,3-6H2. The Balaban J connectivity index is 2.90. The largest absolute Gasteiger partial charge is 0.488 e. The number of pyridine rings is 1. The molecule has 0 aliphatic carbocycles. The van der Waals surface area contributed by atoms with Gasteiger partial charge in [0.25, 0.3) is 5.91 Å². The number of carbonyl (C=O) groups excluding carboxylic acids is 1. The molecule has 1 rings (SSSR count). The van der Waals surface area contributed by atoms with Crippen molar-refractivity contribution in [1.82, 2.24) is 9.88 Å². The zero-order chi connectivity index (χ0) is 13.5. The third-order valence-electron chi connectivity index (χ3n) is 2.33. The second-order valence-electron chi connectivity index (χ2n) is 3.59. The predicted molar refractivity (Wildman–Crippen MR) is 64.1 cm³/mol. The molecular weight excluding hydrogens is 239 g/mol. The van der Waals surface area contributed by atoms with Crippen LogP contribution in [0.2, 0.25) is 0 Å². The lowest BCUT2D eigenvalue weighted by molar-refractivity contribution is 0.0679. The van der Waals surface area contributed by atoms with E-state index in [0.29, 0.717) is 0 Å². The lowest BCUT2D eigenvalue weighted by Gasteiger charge is -2.20. The second kappa shape index (κ2) is 7.07. The monoisotopic (exact) mass is 254 g/mol. The van der Waals surface area contributed by atoms with Gasteiger partial charge in [-0.25, -0.2) is 0 Å². The molecule has 0 spiro atoms. The van der Waals surface area contributed by atoms with Crippen molar-refractivity contribution >= 4 is 18.5 Å². The van der Waals surface area contributed by atoms with E-state index in [0.717, 1.165) is 0 Å². The van der Waals surface area contributed by atoms with Crippen LogP contribution in [-0.4, -0.2) is 69.5 Å². The van der Waals surface area contributed by atoms with Gasteiger partial charge in [0.2, 0.25) is 0 Å². The highest BCUT2D eigenvalue weighted by atomic mass is 16.4. The summed E-state index contributed by atoms with van der Waals surface area (Å²) in [5.74, 6) is -0.486. The lowest BCUT2D eigenvalue weighted by atomic mass is 9.80. The minimum absolute atomic E-state index is 0.0301. The molecule has 1 aromatic heterocycles. The van der Waals surface area contributed by atoms with Gasteiger partial charge in [-0.3, -0.25) is 9.78 Å². The Morgan fingerprint density at radius 2 is 1.89 bits per heavy atom. The highest BCUT2D eigenvalue weighted by molar-refractivity contribution is 6.58. The van der Waals surface area contributed by atoms with Crippen molar-refractivity contribution < 1.29 is 25.1 Å². The molecule has 98 valence electrons. The van der Waals surface area contributed by atoms with Crippen molar-refractivity contribution in [3.63, 3.8) is 0 Å². The van der Waals surface area contributed by atoms with Gasteiger partial charge < -0.3 is 25.2 Å². The number of carbonyl (C=O) groups is 1. The van der Waals surface area contributed by atoms with E-state index in [9.17, 15) is 4.79 Å². The van der Waals surface area contributed by atoms with Crippen molar-refractivity contribution in [3.05, 3.63) is 24.0 Å². The van der Waals surface area contributed by atoms with Gasteiger partial charge in [0, 0.05) is 19.3 Å². The number of amides is 1. The van der Waals surface area contributed by atoms with E-state index in [1.54, 1.807) is 0 Å². The van der Waals surface area contributed by atoms with E-state index in [4.69, 9.17) is 20.3 Å². The maximum absolute atomic E-state index is 12.0. The van der Waals surface area contributed by atoms with Gasteiger partial charge in [0.1, 0.15) is 5.69 Å². The second-order valence-corrected chi connectivity index (χ2v) is 3.59. The number of aromatic nitrogens is 1. The number of nitrogens with zero attached hydrogens (tertiary/aromatic N) is 2. The van der Waals surface area contributed by atoms with Crippen molar-refractivity contribution in [2.24, 2.45) is 0 Å². The molecule has 0 aliphatic heterocycles. The van der Waals surface area contributed by atoms with Gasteiger partial charge in [-0.05, 0) is 17.6 Å². The Hall–Kier alpha value is -1.48. The Morgan fingerprint density at radius 1 is 1.28 bits per heavy atom. The molecule has 0 aliphatic rings. The topological polar surface area (TPSA) is 114 Å². The van der Waals surface area contributed by atoms with E-state index in [1.165, 1.54) is 23.2 Å². The average Bonchev–Trinajstić information content (AvgIpc) is 2.38. The molecule has 18 heavy (non-hydrogen) atoms. The molecule has 7 nitrogen and oxygen atoms in total. The molecule has 8 heteroatoms. The summed E-state index contributed by atoms with van der Waals surface area (Å²) in [5.41, 5.74) is 0.184. The fourth-order valence-electron chi connectivity index (χ4n) is 1.44. The zero-order valence-electron chi connectivity index (χ0n) is 9.73. The number of hydrogen-bond acceptors (Lipinski definition) is 6. The third-order valence-corrected chi connectivity index (χ3v) is 2.33. The van der Waals surface area contributed by atoms with E-state index < -0.39 is 13.0 Å². The van der Waals surface area contributed by atoms with Crippen molar-refractivity contribution in [3.8, 4) is 0 Å². The number of aliphatic hydroxyl groups is 2. The molecule has 4 N–H and O–H groups in total. The summed E-state index contributed by atoms with van der Waals surface area (Å²) in [6, 6.07) is 2.64. The van der Waals surface area contributed by atoms with Gasteiger partial charge in [-0.15, -0.1) is 0 Å². The Morgan fingerprint density at radius 3 is 2.39 bits per heavy atom. The number of aliphatic hydroxyl groups excluding tert-OH is 2. The van der Waals surface area contributed by atoms with Crippen molar-refractivity contribution in [2.45, 2.75) is 0 Å². The van der Waals surface area contributed by atoms with Gasteiger partial charge in [0.15, 0.2) is 0 Å². The van der Waals surface area contributed by atoms with Crippen LogP contribution in [-0.2, 0) is 0 Å². The van der Waals surface area contributed by atoms with Gasteiger partial charge in [0.05, 0.1) is 13.2 Å². The summed E-state index contributed by atoms with van der Waals surface area (Å²) in [6.45, 7) is -0.304. The van der Waals surface area contributed by atoms with Gasteiger partial charge in [-0.2, -0.15) is 0 Å². The third kappa shape index (κ3) is 3.78. The molecule has 0 aromatic carbocycles. The fraction of sp³-hybridized carbons (Fsp3) is 0.400. The molecular formula is C10H15BN2O5. The summed E-state index contributed by atoms with van der Waals surface area (Å²) in [5, 5.41) is 35.6. The Bertz CT molecular complexity index is 396.